The molecule has 2 heteroatoms. The fourth-order valence-electron chi connectivity index (χ4n) is 1.81. The van der Waals surface area contributed by atoms with Gasteiger partial charge in [-0.25, -0.2) is 0 Å². The second-order valence-corrected chi connectivity index (χ2v) is 5.76. The molecule has 102 valence electrons. The van der Waals surface area contributed by atoms with Crippen LogP contribution < -0.4 is 4.74 Å². The van der Waals surface area contributed by atoms with Gasteiger partial charge in [0.05, 0.1) is 6.61 Å². The van der Waals surface area contributed by atoms with Crippen molar-refractivity contribution >= 4 is 0 Å². The molecule has 0 aliphatic rings. The molecule has 0 bridgehead atoms. The molecule has 0 atom stereocenters. The van der Waals surface area contributed by atoms with Crippen LogP contribution in [0.25, 0.3) is 0 Å². The highest BCUT2D eigenvalue weighted by atomic mass is 16.5. The summed E-state index contributed by atoms with van der Waals surface area (Å²) in [6.45, 7) is 7.70. The number of ether oxygens (including phenoxy) is 1. The van der Waals surface area contributed by atoms with E-state index in [1.165, 1.54) is 5.56 Å². The molecule has 0 amide bonds. The highest BCUT2D eigenvalue weighted by Crippen LogP contribution is 2.24. The van der Waals surface area contributed by atoms with Crippen LogP contribution in [0, 0.1) is 0 Å². The zero-order chi connectivity index (χ0) is 13.4. The Kier molecular flexibility index (Phi) is 6.20. The maximum absolute atomic E-state index is 8.66. The third-order valence-corrected chi connectivity index (χ3v) is 3.04. The molecule has 2 nitrogen and oxygen atoms in total. The maximum Gasteiger partial charge on any atom is 0.119 e. The molecule has 0 fully saturated rings. The van der Waals surface area contributed by atoms with Gasteiger partial charge < -0.3 is 9.84 Å². The molecule has 0 radical (unpaired) electrons. The van der Waals surface area contributed by atoms with Gasteiger partial charge in [0, 0.05) is 6.61 Å². The third kappa shape index (κ3) is 5.54. The van der Waals surface area contributed by atoms with Crippen LogP contribution in [0.2, 0.25) is 0 Å². The van der Waals surface area contributed by atoms with Gasteiger partial charge in [0.2, 0.25) is 0 Å². The fraction of sp³-hybridized carbons (Fsp3) is 0.625. The standard InChI is InChI=1S/C16H26O2/c1-16(2,3)14-8-10-15(11-9-14)18-13-7-5-4-6-12-17/h8-11,17H,4-7,12-13H2,1-3H3. The lowest BCUT2D eigenvalue weighted by atomic mass is 9.87. The molecular formula is C16H26O2. The van der Waals surface area contributed by atoms with Crippen LogP contribution in [0.4, 0.5) is 0 Å². The average molecular weight is 250 g/mol. The molecule has 0 spiro atoms. The summed E-state index contributed by atoms with van der Waals surface area (Å²) in [4.78, 5) is 0. The van der Waals surface area contributed by atoms with Crippen LogP contribution in [-0.2, 0) is 5.41 Å². The number of hydrogen-bond donors (Lipinski definition) is 1. The second-order valence-electron chi connectivity index (χ2n) is 5.76. The van der Waals surface area contributed by atoms with Gasteiger partial charge in [-0.2, -0.15) is 0 Å². The minimum absolute atomic E-state index is 0.197. The van der Waals surface area contributed by atoms with Crippen LogP contribution in [0.15, 0.2) is 24.3 Å². The molecule has 0 aliphatic carbocycles. The van der Waals surface area contributed by atoms with Crippen LogP contribution >= 0.6 is 0 Å². The summed E-state index contributed by atoms with van der Waals surface area (Å²) in [7, 11) is 0. The molecule has 1 N–H and O–H groups in total. The quantitative estimate of drug-likeness (QED) is 0.743. The SMILES string of the molecule is CC(C)(C)c1ccc(OCCCCCCO)cc1. The smallest absolute Gasteiger partial charge is 0.119 e. The number of aliphatic hydroxyl groups is 1. The van der Waals surface area contributed by atoms with Crippen LogP contribution in [-0.4, -0.2) is 18.3 Å². The topological polar surface area (TPSA) is 29.5 Å². The molecule has 1 aromatic rings. The van der Waals surface area contributed by atoms with E-state index < -0.39 is 0 Å². The van der Waals surface area contributed by atoms with Crippen LogP contribution in [0.5, 0.6) is 5.75 Å². The minimum Gasteiger partial charge on any atom is -0.494 e. The van der Waals surface area contributed by atoms with Gasteiger partial charge in [-0.05, 0) is 42.4 Å². The molecule has 1 aromatic carbocycles. The molecule has 1 rings (SSSR count). The Hall–Kier alpha value is -1.02. The number of aliphatic hydroxyl groups excluding tert-OH is 1. The van der Waals surface area contributed by atoms with E-state index in [0.717, 1.165) is 38.0 Å². The van der Waals surface area contributed by atoms with E-state index in [1.54, 1.807) is 0 Å². The predicted molar refractivity (Wildman–Crippen MR) is 76.2 cm³/mol. The summed E-state index contributed by atoms with van der Waals surface area (Å²) < 4.78 is 5.69. The summed E-state index contributed by atoms with van der Waals surface area (Å²) in [6.07, 6.45) is 4.17. The van der Waals surface area contributed by atoms with Gasteiger partial charge in [-0.1, -0.05) is 39.3 Å². The Morgan fingerprint density at radius 1 is 0.944 bits per heavy atom. The first-order valence-corrected chi connectivity index (χ1v) is 6.88. The first kappa shape index (κ1) is 15.0. The van der Waals surface area contributed by atoms with Gasteiger partial charge in [0.15, 0.2) is 0 Å². The molecular weight excluding hydrogens is 224 g/mol. The number of rotatable bonds is 7. The fourth-order valence-corrected chi connectivity index (χ4v) is 1.81. The Balaban J connectivity index is 2.27. The zero-order valence-electron chi connectivity index (χ0n) is 11.9. The highest BCUT2D eigenvalue weighted by Gasteiger charge is 2.12. The zero-order valence-corrected chi connectivity index (χ0v) is 11.9. The van der Waals surface area contributed by atoms with Crippen molar-refractivity contribution in [2.75, 3.05) is 13.2 Å². The summed E-state index contributed by atoms with van der Waals surface area (Å²) in [5.41, 5.74) is 1.53. The molecule has 0 saturated carbocycles. The maximum atomic E-state index is 8.66. The first-order chi connectivity index (χ1) is 8.54. The molecule has 18 heavy (non-hydrogen) atoms. The first-order valence-electron chi connectivity index (χ1n) is 6.88. The Morgan fingerprint density at radius 2 is 1.56 bits per heavy atom. The average Bonchev–Trinajstić information content (AvgIpc) is 2.33. The van der Waals surface area contributed by atoms with Crippen molar-refractivity contribution in [2.45, 2.75) is 51.9 Å². The van der Waals surface area contributed by atoms with Crippen molar-refractivity contribution in [2.24, 2.45) is 0 Å². The summed E-state index contributed by atoms with van der Waals surface area (Å²) >= 11 is 0. The van der Waals surface area contributed by atoms with Gasteiger partial charge >= 0.3 is 0 Å². The van der Waals surface area contributed by atoms with Crippen molar-refractivity contribution < 1.29 is 9.84 Å². The molecule has 0 saturated heterocycles. The van der Waals surface area contributed by atoms with E-state index >= 15 is 0 Å². The lowest BCUT2D eigenvalue weighted by molar-refractivity contribution is 0.273. The van der Waals surface area contributed by atoms with Crippen LogP contribution in [0.1, 0.15) is 52.0 Å². The lowest BCUT2D eigenvalue weighted by Gasteiger charge is -2.19. The summed E-state index contributed by atoms with van der Waals surface area (Å²) in [6, 6.07) is 8.38. The van der Waals surface area contributed by atoms with Crippen molar-refractivity contribution in [1.82, 2.24) is 0 Å². The summed E-state index contributed by atoms with van der Waals surface area (Å²) in [5, 5.41) is 8.66. The van der Waals surface area contributed by atoms with E-state index in [0.29, 0.717) is 6.61 Å². The van der Waals surface area contributed by atoms with Crippen molar-refractivity contribution in [1.29, 1.82) is 0 Å². The molecule has 0 aliphatic heterocycles. The van der Waals surface area contributed by atoms with Crippen molar-refractivity contribution in [3.05, 3.63) is 29.8 Å². The predicted octanol–water partition coefficient (Wildman–Crippen LogP) is 3.92. The third-order valence-electron chi connectivity index (χ3n) is 3.04. The Morgan fingerprint density at radius 3 is 2.11 bits per heavy atom. The Bertz CT molecular complexity index is 322. The normalized spacial score (nSPS) is 11.6. The lowest BCUT2D eigenvalue weighted by Crippen LogP contribution is -2.10. The van der Waals surface area contributed by atoms with E-state index in [1.807, 2.05) is 12.1 Å². The minimum atomic E-state index is 0.197. The highest BCUT2D eigenvalue weighted by molar-refractivity contribution is 5.31. The van der Waals surface area contributed by atoms with E-state index in [2.05, 4.69) is 32.9 Å². The van der Waals surface area contributed by atoms with Gasteiger partial charge in [0.25, 0.3) is 0 Å². The van der Waals surface area contributed by atoms with E-state index in [9.17, 15) is 0 Å². The van der Waals surface area contributed by atoms with E-state index in [4.69, 9.17) is 9.84 Å². The van der Waals surface area contributed by atoms with Gasteiger partial charge in [-0.3, -0.25) is 0 Å². The molecule has 0 heterocycles. The Labute approximate surface area is 111 Å². The molecule has 0 unspecified atom stereocenters. The largest absolute Gasteiger partial charge is 0.494 e. The van der Waals surface area contributed by atoms with Gasteiger partial charge in [-0.15, -0.1) is 0 Å². The number of unbranched alkanes of at least 4 members (excludes halogenated alkanes) is 3. The monoisotopic (exact) mass is 250 g/mol. The second kappa shape index (κ2) is 7.42. The van der Waals surface area contributed by atoms with Crippen molar-refractivity contribution in [3.8, 4) is 5.75 Å². The molecule has 0 aromatic heterocycles. The number of benzene rings is 1. The van der Waals surface area contributed by atoms with E-state index in [-0.39, 0.29) is 5.41 Å². The summed E-state index contributed by atoms with van der Waals surface area (Å²) in [5.74, 6) is 0.949. The van der Waals surface area contributed by atoms with Gasteiger partial charge in [0.1, 0.15) is 5.75 Å². The van der Waals surface area contributed by atoms with Crippen molar-refractivity contribution in [3.63, 3.8) is 0 Å². The van der Waals surface area contributed by atoms with Crippen LogP contribution in [0.3, 0.4) is 0 Å². The number of hydrogen-bond acceptors (Lipinski definition) is 2.